The van der Waals surface area contributed by atoms with E-state index in [0.29, 0.717) is 47.1 Å². The Labute approximate surface area is 235 Å². The summed E-state index contributed by atoms with van der Waals surface area (Å²) in [4.78, 5) is 22.5. The number of anilines is 1. The highest BCUT2D eigenvalue weighted by molar-refractivity contribution is 7.91. The molecule has 1 amide bonds. The number of para-hydroxylation sites is 1. The van der Waals surface area contributed by atoms with Gasteiger partial charge in [0.05, 0.1) is 14.5 Å². The number of carbonyl (C=O) groups excluding carboxylic acids is 1. The molecule has 0 aliphatic carbocycles. The predicted octanol–water partition coefficient (Wildman–Crippen LogP) is 4.25. The number of hydrogen-bond acceptors (Lipinski definition) is 8. The Kier molecular flexibility index (Phi) is 9.43. The lowest BCUT2D eigenvalue weighted by Crippen LogP contribution is -2.39. The molecular weight excluding hydrogens is 557 g/mol. The average Bonchev–Trinajstić information content (AvgIpc) is 3.14. The summed E-state index contributed by atoms with van der Waals surface area (Å²) in [6, 6.07) is 11.1. The van der Waals surface area contributed by atoms with Gasteiger partial charge in [0.15, 0.2) is 15.0 Å². The summed E-state index contributed by atoms with van der Waals surface area (Å²) < 4.78 is 53.3. The smallest absolute Gasteiger partial charge is 0.260 e. The maximum atomic E-state index is 13.8. The van der Waals surface area contributed by atoms with Gasteiger partial charge in [-0.1, -0.05) is 44.1 Å². The number of benzene rings is 2. The van der Waals surface area contributed by atoms with Crippen LogP contribution >= 0.6 is 11.3 Å². The van der Waals surface area contributed by atoms with E-state index in [1.54, 1.807) is 29.2 Å². The van der Waals surface area contributed by atoms with Crippen LogP contribution in [-0.2, 0) is 19.9 Å². The minimum absolute atomic E-state index is 0.127. The highest BCUT2D eigenvalue weighted by Crippen LogP contribution is 2.33. The number of nitrogens with zero attached hydrogens (tertiary/aromatic N) is 4. The number of fused-ring (bicyclic) bond motifs is 1. The summed E-state index contributed by atoms with van der Waals surface area (Å²) in [5, 5.41) is 0.402. The molecule has 0 N–H and O–H groups in total. The van der Waals surface area contributed by atoms with Crippen molar-refractivity contribution in [3.8, 4) is 0 Å². The van der Waals surface area contributed by atoms with Gasteiger partial charge in [-0.15, -0.1) is 0 Å². The lowest BCUT2D eigenvalue weighted by atomic mass is 10.2. The fraction of sp³-hybridized carbons (Fsp3) is 0.481. The quantitative estimate of drug-likeness (QED) is 0.346. The standard InChI is InChI=1S/C27H36N4O5S3/c1-4-29(5-2)19-20-31(27-28-25-23(37-27)11-10-12-24(25)38(3,33)34)26(32)21-13-15-22(16-14-21)39(35,36)30-17-8-6-7-9-18-30/h10-16H,4-9,17-20H2,1-3H3. The van der Waals surface area contributed by atoms with Crippen LogP contribution in [0, 0.1) is 0 Å². The van der Waals surface area contributed by atoms with E-state index in [9.17, 15) is 21.6 Å². The molecule has 0 atom stereocenters. The normalized spacial score (nSPS) is 15.5. The average molecular weight is 593 g/mol. The van der Waals surface area contributed by atoms with E-state index in [1.807, 2.05) is 0 Å². The van der Waals surface area contributed by atoms with Gasteiger partial charge < -0.3 is 4.90 Å². The predicted molar refractivity (Wildman–Crippen MR) is 156 cm³/mol. The second-order valence-corrected chi connectivity index (χ2v) is 14.6. The van der Waals surface area contributed by atoms with Crippen LogP contribution in [0.5, 0.6) is 0 Å². The molecule has 1 aromatic heterocycles. The van der Waals surface area contributed by atoms with Crippen molar-refractivity contribution in [1.29, 1.82) is 0 Å². The van der Waals surface area contributed by atoms with Gasteiger partial charge in [0.1, 0.15) is 5.52 Å². The number of hydrogen-bond donors (Lipinski definition) is 0. The number of likely N-dealkylation sites (N-methyl/N-ethyl adjacent to an activating group) is 1. The lowest BCUT2D eigenvalue weighted by Gasteiger charge is -2.25. The van der Waals surface area contributed by atoms with Crippen LogP contribution in [0.1, 0.15) is 49.9 Å². The largest absolute Gasteiger partial charge is 0.302 e. The molecule has 3 aromatic rings. The number of sulfone groups is 1. The molecule has 0 saturated carbocycles. The van der Waals surface area contributed by atoms with Crippen molar-refractivity contribution in [2.24, 2.45) is 0 Å². The van der Waals surface area contributed by atoms with Gasteiger partial charge in [0, 0.05) is 38.0 Å². The van der Waals surface area contributed by atoms with Crippen LogP contribution in [0.15, 0.2) is 52.3 Å². The maximum Gasteiger partial charge on any atom is 0.260 e. The number of sulfonamides is 1. The monoisotopic (exact) mass is 592 g/mol. The van der Waals surface area contributed by atoms with Crippen LogP contribution < -0.4 is 4.90 Å². The minimum Gasteiger partial charge on any atom is -0.302 e. The van der Waals surface area contributed by atoms with Gasteiger partial charge in [0.25, 0.3) is 5.91 Å². The van der Waals surface area contributed by atoms with E-state index in [2.05, 4.69) is 23.7 Å². The number of rotatable bonds is 10. The summed E-state index contributed by atoms with van der Waals surface area (Å²) in [5.41, 5.74) is 0.687. The molecule has 4 rings (SSSR count). The molecule has 2 heterocycles. The Balaban J connectivity index is 1.67. The summed E-state index contributed by atoms with van der Waals surface area (Å²) in [7, 11) is -7.14. The molecule has 12 heteroatoms. The molecule has 1 aliphatic heterocycles. The molecule has 212 valence electrons. The second-order valence-electron chi connectivity index (χ2n) is 9.70. The van der Waals surface area contributed by atoms with Crippen molar-refractivity contribution in [2.45, 2.75) is 49.3 Å². The third kappa shape index (κ3) is 6.68. The minimum atomic E-state index is -3.63. The molecule has 1 saturated heterocycles. The first-order valence-corrected chi connectivity index (χ1v) is 17.4. The first-order valence-electron chi connectivity index (χ1n) is 13.3. The van der Waals surface area contributed by atoms with Gasteiger partial charge in [0.2, 0.25) is 10.0 Å². The van der Waals surface area contributed by atoms with Crippen LogP contribution in [-0.4, -0.2) is 82.5 Å². The van der Waals surface area contributed by atoms with Crippen LogP contribution in [0.25, 0.3) is 10.2 Å². The number of carbonyl (C=O) groups is 1. The SMILES string of the molecule is CCN(CC)CCN(C(=O)c1ccc(S(=O)(=O)N2CCCCCC2)cc1)c1nc2c(S(C)(=O)=O)cccc2s1. The van der Waals surface area contributed by atoms with Gasteiger partial charge in [-0.2, -0.15) is 4.31 Å². The Hall–Kier alpha value is -2.38. The van der Waals surface area contributed by atoms with Crippen LogP contribution in [0.4, 0.5) is 5.13 Å². The zero-order valence-electron chi connectivity index (χ0n) is 22.7. The topological polar surface area (TPSA) is 108 Å². The van der Waals surface area contributed by atoms with E-state index in [4.69, 9.17) is 0 Å². The Morgan fingerprint density at radius 3 is 2.15 bits per heavy atom. The van der Waals surface area contributed by atoms with Crippen molar-refractivity contribution in [3.63, 3.8) is 0 Å². The van der Waals surface area contributed by atoms with E-state index < -0.39 is 19.9 Å². The number of amides is 1. The van der Waals surface area contributed by atoms with E-state index in [1.165, 1.54) is 33.8 Å². The fourth-order valence-electron chi connectivity index (χ4n) is 4.75. The highest BCUT2D eigenvalue weighted by Gasteiger charge is 2.27. The Bertz CT molecular complexity index is 1510. The third-order valence-electron chi connectivity index (χ3n) is 7.08. The van der Waals surface area contributed by atoms with Crippen molar-refractivity contribution < 1.29 is 21.6 Å². The fourth-order valence-corrected chi connectivity index (χ4v) is 8.18. The molecule has 0 spiro atoms. The van der Waals surface area contributed by atoms with Crippen molar-refractivity contribution in [2.75, 3.05) is 50.4 Å². The Morgan fingerprint density at radius 1 is 0.923 bits per heavy atom. The van der Waals surface area contributed by atoms with Crippen molar-refractivity contribution >= 4 is 52.5 Å². The zero-order valence-corrected chi connectivity index (χ0v) is 25.1. The van der Waals surface area contributed by atoms with Gasteiger partial charge >= 0.3 is 0 Å². The van der Waals surface area contributed by atoms with E-state index in [0.717, 1.165) is 45.0 Å². The maximum absolute atomic E-state index is 13.8. The molecule has 1 fully saturated rings. The van der Waals surface area contributed by atoms with Crippen molar-refractivity contribution in [3.05, 3.63) is 48.0 Å². The summed E-state index contributed by atoms with van der Waals surface area (Å²) in [6.45, 7) is 7.71. The molecular formula is C27H36N4O5S3. The van der Waals surface area contributed by atoms with E-state index >= 15 is 0 Å². The van der Waals surface area contributed by atoms with Crippen LogP contribution in [0.3, 0.4) is 0 Å². The van der Waals surface area contributed by atoms with Gasteiger partial charge in [-0.25, -0.2) is 21.8 Å². The summed E-state index contributed by atoms with van der Waals surface area (Å²) in [5.74, 6) is -0.319. The third-order valence-corrected chi connectivity index (χ3v) is 11.2. The highest BCUT2D eigenvalue weighted by atomic mass is 32.2. The Morgan fingerprint density at radius 2 is 1.56 bits per heavy atom. The first-order chi connectivity index (χ1) is 18.6. The molecule has 39 heavy (non-hydrogen) atoms. The molecule has 2 aromatic carbocycles. The van der Waals surface area contributed by atoms with E-state index in [-0.39, 0.29) is 15.7 Å². The number of aromatic nitrogens is 1. The molecule has 0 radical (unpaired) electrons. The number of thiazole rings is 1. The zero-order chi connectivity index (χ0) is 28.2. The molecule has 0 bridgehead atoms. The van der Waals surface area contributed by atoms with Gasteiger partial charge in [-0.3, -0.25) is 9.69 Å². The first kappa shape index (κ1) is 29.6. The lowest BCUT2D eigenvalue weighted by molar-refractivity contribution is 0.0983. The summed E-state index contributed by atoms with van der Waals surface area (Å²) >= 11 is 1.26. The molecule has 9 nitrogen and oxygen atoms in total. The van der Waals surface area contributed by atoms with Crippen molar-refractivity contribution in [1.82, 2.24) is 14.2 Å². The molecule has 1 aliphatic rings. The van der Waals surface area contributed by atoms with Gasteiger partial charge in [-0.05, 0) is 62.3 Å². The second kappa shape index (κ2) is 12.4. The molecule has 0 unspecified atom stereocenters. The summed E-state index contributed by atoms with van der Waals surface area (Å²) in [6.07, 6.45) is 4.90. The van der Waals surface area contributed by atoms with Crippen LogP contribution in [0.2, 0.25) is 0 Å².